The molecule has 0 aliphatic carbocycles. The Bertz CT molecular complexity index is 1090. The lowest BCUT2D eigenvalue weighted by Gasteiger charge is -2.45. The van der Waals surface area contributed by atoms with Gasteiger partial charge in [-0.25, -0.2) is 0 Å². The molecule has 0 unspecified atom stereocenters. The van der Waals surface area contributed by atoms with Gasteiger partial charge < -0.3 is 23.8 Å². The highest BCUT2D eigenvalue weighted by Crippen LogP contribution is 2.56. The lowest BCUT2D eigenvalue weighted by molar-refractivity contribution is 0.174. The summed E-state index contributed by atoms with van der Waals surface area (Å²) in [6, 6.07) is 7.31. The van der Waals surface area contributed by atoms with Crippen LogP contribution in [0.1, 0.15) is 28.3 Å². The number of rotatable bonds is 4. The third kappa shape index (κ3) is 3.39. The van der Waals surface area contributed by atoms with Crippen LogP contribution in [-0.4, -0.2) is 35.7 Å². The molecule has 2 aromatic rings. The third-order valence-electron chi connectivity index (χ3n) is 5.75. The molecule has 8 heteroatoms. The minimum Gasteiger partial charge on any atom is -0.493 e. The largest absolute Gasteiger partial charge is 0.493 e. The van der Waals surface area contributed by atoms with Gasteiger partial charge in [0, 0.05) is 23.4 Å². The average Bonchev–Trinajstić information content (AvgIpc) is 3.20. The molecular formula is C23H20Cl3NO4. The van der Waals surface area contributed by atoms with Crippen LogP contribution in [0.4, 0.5) is 0 Å². The molecule has 0 saturated carbocycles. The zero-order valence-corrected chi connectivity index (χ0v) is 19.1. The van der Waals surface area contributed by atoms with E-state index in [0.29, 0.717) is 24.7 Å². The van der Waals surface area contributed by atoms with Crippen LogP contribution in [0.2, 0.25) is 0 Å². The highest BCUT2D eigenvalue weighted by atomic mass is 35.6. The molecule has 0 bridgehead atoms. The summed E-state index contributed by atoms with van der Waals surface area (Å²) in [5.74, 6) is 2.63. The minimum atomic E-state index is -1.61. The lowest BCUT2D eigenvalue weighted by Crippen LogP contribution is -2.41. The van der Waals surface area contributed by atoms with Crippen LogP contribution in [0.15, 0.2) is 36.9 Å². The summed E-state index contributed by atoms with van der Waals surface area (Å²) < 4.78 is 21.1. The van der Waals surface area contributed by atoms with E-state index in [1.807, 2.05) is 24.3 Å². The number of ether oxygens (including phenoxy) is 4. The maximum atomic E-state index is 6.58. The first-order chi connectivity index (χ1) is 14.9. The molecule has 0 radical (unpaired) electrons. The van der Waals surface area contributed by atoms with Crippen molar-refractivity contribution >= 4 is 46.6 Å². The number of alkyl halides is 3. The first-order valence-corrected chi connectivity index (χ1v) is 11.0. The second-order valence-corrected chi connectivity index (χ2v) is 9.85. The Morgan fingerprint density at radius 2 is 2.00 bits per heavy atom. The van der Waals surface area contributed by atoms with Crippen molar-refractivity contribution in [1.82, 2.24) is 4.90 Å². The maximum Gasteiger partial charge on any atom is 0.231 e. The molecule has 5 rings (SSSR count). The van der Waals surface area contributed by atoms with E-state index < -0.39 is 9.83 Å². The molecular weight excluding hydrogens is 461 g/mol. The van der Waals surface area contributed by atoms with E-state index in [2.05, 4.69) is 17.6 Å². The van der Waals surface area contributed by atoms with Crippen LogP contribution in [0.3, 0.4) is 0 Å². The van der Waals surface area contributed by atoms with Gasteiger partial charge in [-0.1, -0.05) is 53.5 Å². The van der Waals surface area contributed by atoms with Crippen molar-refractivity contribution < 1.29 is 18.9 Å². The van der Waals surface area contributed by atoms with E-state index in [1.54, 1.807) is 13.2 Å². The van der Waals surface area contributed by atoms with Gasteiger partial charge in [0.1, 0.15) is 12.6 Å². The summed E-state index contributed by atoms with van der Waals surface area (Å²) >= 11 is 19.7. The number of hydrogen-bond acceptors (Lipinski definition) is 5. The van der Waals surface area contributed by atoms with Crippen LogP contribution in [0.5, 0.6) is 23.0 Å². The maximum absolute atomic E-state index is 6.58. The summed E-state index contributed by atoms with van der Waals surface area (Å²) in [6.07, 6.45) is 4.55. The Morgan fingerprint density at radius 3 is 2.71 bits per heavy atom. The highest BCUT2D eigenvalue weighted by molar-refractivity contribution is 6.68. The molecule has 2 aromatic carbocycles. The Labute approximate surface area is 195 Å². The van der Waals surface area contributed by atoms with Crippen LogP contribution in [0, 0.1) is 0 Å². The number of methoxy groups -OCH3 is 1. The quantitative estimate of drug-likeness (QED) is 0.410. The summed E-state index contributed by atoms with van der Waals surface area (Å²) in [5, 5.41) is 0. The van der Waals surface area contributed by atoms with Crippen LogP contribution >= 0.6 is 34.8 Å². The molecule has 3 aliphatic rings. The lowest BCUT2D eigenvalue weighted by atomic mass is 9.86. The summed E-state index contributed by atoms with van der Waals surface area (Å²) in [4.78, 5) is 2.13. The summed E-state index contributed by atoms with van der Waals surface area (Å²) in [5.41, 5.74) is 4.89. The SMILES string of the molecule is C=CCOc1c(OC)ccc2c1[C@H](C(Cl)(Cl)Cl)N1CCc3cc4c(cc3C1=C2)OCO4. The Morgan fingerprint density at radius 1 is 1.23 bits per heavy atom. The minimum absolute atomic E-state index is 0.227. The molecule has 0 N–H and O–H groups in total. The van der Waals surface area contributed by atoms with Gasteiger partial charge in [-0.3, -0.25) is 0 Å². The fraction of sp³-hybridized carbons (Fsp3) is 0.304. The number of hydrogen-bond donors (Lipinski definition) is 0. The van der Waals surface area contributed by atoms with Gasteiger partial charge in [-0.2, -0.15) is 0 Å². The molecule has 0 aromatic heterocycles. The van der Waals surface area contributed by atoms with Crippen molar-refractivity contribution in [3.63, 3.8) is 0 Å². The Hall–Kier alpha value is -2.21. The van der Waals surface area contributed by atoms with E-state index >= 15 is 0 Å². The van der Waals surface area contributed by atoms with E-state index in [4.69, 9.17) is 53.8 Å². The number of benzene rings is 2. The predicted molar refractivity (Wildman–Crippen MR) is 123 cm³/mol. The van der Waals surface area contributed by atoms with Crippen molar-refractivity contribution in [2.75, 3.05) is 27.1 Å². The summed E-state index contributed by atoms with van der Waals surface area (Å²) in [7, 11) is 1.59. The van der Waals surface area contributed by atoms with Gasteiger partial charge in [0.25, 0.3) is 0 Å². The monoisotopic (exact) mass is 479 g/mol. The smallest absolute Gasteiger partial charge is 0.231 e. The first kappa shape index (κ1) is 20.7. The molecule has 3 heterocycles. The molecule has 3 aliphatic heterocycles. The van der Waals surface area contributed by atoms with E-state index in [0.717, 1.165) is 40.3 Å². The topological polar surface area (TPSA) is 40.2 Å². The second kappa shape index (κ2) is 7.73. The zero-order chi connectivity index (χ0) is 21.8. The van der Waals surface area contributed by atoms with Crippen LogP contribution < -0.4 is 18.9 Å². The zero-order valence-electron chi connectivity index (χ0n) is 16.8. The van der Waals surface area contributed by atoms with Gasteiger partial charge in [-0.05, 0) is 41.8 Å². The van der Waals surface area contributed by atoms with Gasteiger partial charge in [-0.15, -0.1) is 0 Å². The average molecular weight is 481 g/mol. The number of nitrogens with zero attached hydrogens (tertiary/aromatic N) is 1. The summed E-state index contributed by atoms with van der Waals surface area (Å²) in [6.45, 7) is 4.95. The third-order valence-corrected chi connectivity index (χ3v) is 6.37. The second-order valence-electron chi connectivity index (χ2n) is 7.48. The van der Waals surface area contributed by atoms with Gasteiger partial charge >= 0.3 is 0 Å². The standard InChI is InChI=1S/C23H20Cl3NO4/c1-3-8-29-21-17(28-2)5-4-14-9-16-15-11-19-18(30-12-31-19)10-13(15)6-7-27(16)22(20(14)21)23(24,25)26/h3-5,9-11,22H,1,6-8,12H2,2H3/t22-/m1/s1. The fourth-order valence-corrected chi connectivity index (χ4v) is 5.15. The molecule has 0 spiro atoms. The molecule has 31 heavy (non-hydrogen) atoms. The number of fused-ring (bicyclic) bond motifs is 5. The molecule has 0 saturated heterocycles. The number of halogens is 3. The molecule has 0 fully saturated rings. The first-order valence-electron chi connectivity index (χ1n) is 9.85. The normalized spacial score (nSPS) is 18.5. The molecule has 5 nitrogen and oxygen atoms in total. The van der Waals surface area contributed by atoms with E-state index in [1.165, 1.54) is 5.56 Å². The van der Waals surface area contributed by atoms with E-state index in [-0.39, 0.29) is 6.79 Å². The molecule has 1 atom stereocenters. The Kier molecular flexibility index (Phi) is 5.16. The van der Waals surface area contributed by atoms with Crippen molar-refractivity contribution in [3.8, 4) is 23.0 Å². The van der Waals surface area contributed by atoms with Crippen molar-refractivity contribution in [2.45, 2.75) is 16.3 Å². The van der Waals surface area contributed by atoms with Crippen LogP contribution in [-0.2, 0) is 6.42 Å². The fourth-order valence-electron chi connectivity index (χ4n) is 4.47. The van der Waals surface area contributed by atoms with Crippen molar-refractivity contribution in [1.29, 1.82) is 0 Å². The van der Waals surface area contributed by atoms with Crippen molar-refractivity contribution in [2.24, 2.45) is 0 Å². The highest BCUT2D eigenvalue weighted by Gasteiger charge is 2.46. The van der Waals surface area contributed by atoms with Gasteiger partial charge in [0.15, 0.2) is 23.0 Å². The van der Waals surface area contributed by atoms with Crippen LogP contribution in [0.25, 0.3) is 11.8 Å². The van der Waals surface area contributed by atoms with E-state index in [9.17, 15) is 0 Å². The van der Waals surface area contributed by atoms with Gasteiger partial charge in [0.05, 0.1) is 7.11 Å². The van der Waals surface area contributed by atoms with Crippen molar-refractivity contribution in [3.05, 3.63) is 59.2 Å². The van der Waals surface area contributed by atoms with Gasteiger partial charge in [0.2, 0.25) is 10.6 Å². The molecule has 162 valence electrons. The Balaban J connectivity index is 1.73. The predicted octanol–water partition coefficient (Wildman–Crippen LogP) is 5.77. The molecule has 0 amide bonds.